The van der Waals surface area contributed by atoms with E-state index in [-0.39, 0.29) is 14.9 Å². The van der Waals surface area contributed by atoms with Crippen LogP contribution in [0.4, 0.5) is 0 Å². The Bertz CT molecular complexity index is 122. The number of hydrogen-bond donors (Lipinski definition) is 2. The first-order chi connectivity index (χ1) is 6.84. The van der Waals surface area contributed by atoms with Crippen molar-refractivity contribution in [1.29, 1.82) is 0 Å². The molecular weight excluding hydrogens is 244 g/mol. The average molecular weight is 283 g/mol. The van der Waals surface area contributed by atoms with E-state index in [0.29, 0.717) is 10.5 Å². The van der Waals surface area contributed by atoms with Crippen molar-refractivity contribution in [3.05, 3.63) is 0 Å². The van der Waals surface area contributed by atoms with E-state index in [0.717, 1.165) is 11.8 Å². The Kier molecular flexibility index (Phi) is 25.8. The molecule has 0 fully saturated rings. The number of thiol groups is 2. The fraction of sp³-hybridized carbons (Fsp3) is 1.00. The number of hydrogen-bond acceptors (Lipinski definition) is 2. The molecule has 0 aliphatic rings. The predicted octanol–water partition coefficient (Wildman–Crippen LogP) is 6.36. The summed E-state index contributed by atoms with van der Waals surface area (Å²) in [6, 6.07) is 0. The molecule has 0 saturated carbocycles. The van der Waals surface area contributed by atoms with Crippen LogP contribution in [-0.2, 0) is 0 Å². The maximum atomic E-state index is 4.52. The van der Waals surface area contributed by atoms with E-state index in [2.05, 4.69) is 66.8 Å². The van der Waals surface area contributed by atoms with E-state index in [1.165, 1.54) is 19.3 Å². The molecule has 0 heterocycles. The molecule has 0 N–H and O–H groups in total. The van der Waals surface area contributed by atoms with Gasteiger partial charge in [0.25, 0.3) is 0 Å². The van der Waals surface area contributed by atoms with Crippen molar-refractivity contribution in [2.75, 3.05) is 0 Å². The molecule has 0 saturated heterocycles. The molecule has 0 radical (unpaired) electrons. The zero-order chi connectivity index (χ0) is 12.4. The lowest BCUT2D eigenvalue weighted by Crippen LogP contribution is -2.11. The highest BCUT2D eigenvalue weighted by Gasteiger charge is 2.10. The lowest BCUT2D eigenvalue weighted by atomic mass is 9.97. The van der Waals surface area contributed by atoms with Gasteiger partial charge in [-0.3, -0.25) is 0 Å². The highest BCUT2D eigenvalue weighted by atomic mass is 32.1. The molecule has 0 aromatic carbocycles. The molecule has 110 valence electrons. The van der Waals surface area contributed by atoms with Crippen molar-refractivity contribution in [1.82, 2.24) is 0 Å². The normalized spacial score (nSPS) is 14.6. The summed E-state index contributed by atoms with van der Waals surface area (Å²) >= 11 is 8.62. The minimum Gasteiger partial charge on any atom is -0.176 e. The summed E-state index contributed by atoms with van der Waals surface area (Å²) in [6.45, 7) is 13.2. The van der Waals surface area contributed by atoms with Gasteiger partial charge in [-0.1, -0.05) is 62.8 Å². The molecular formula is C15H38S2. The Morgan fingerprint density at radius 2 is 1.18 bits per heavy atom. The van der Waals surface area contributed by atoms with Crippen LogP contribution in [0.15, 0.2) is 0 Å². The Hall–Kier alpha value is 0.700. The van der Waals surface area contributed by atoms with Crippen LogP contribution in [0.1, 0.15) is 75.7 Å². The molecule has 0 amide bonds. The van der Waals surface area contributed by atoms with Crippen molar-refractivity contribution in [2.24, 2.45) is 11.8 Å². The van der Waals surface area contributed by atoms with E-state index < -0.39 is 0 Å². The van der Waals surface area contributed by atoms with Crippen LogP contribution in [0.5, 0.6) is 0 Å². The maximum Gasteiger partial charge on any atom is 0.00423 e. The van der Waals surface area contributed by atoms with Crippen LogP contribution in [-0.4, -0.2) is 10.5 Å². The van der Waals surface area contributed by atoms with Crippen molar-refractivity contribution in [2.45, 2.75) is 86.2 Å². The first kappa shape index (κ1) is 26.3. The summed E-state index contributed by atoms with van der Waals surface area (Å²) in [5.41, 5.74) is 0. The van der Waals surface area contributed by atoms with Gasteiger partial charge in [-0.25, -0.2) is 0 Å². The largest absolute Gasteiger partial charge is 0.176 e. The first-order valence-electron chi connectivity index (χ1n) is 6.21. The van der Waals surface area contributed by atoms with Gasteiger partial charge < -0.3 is 0 Å². The molecule has 2 heteroatoms. The van der Waals surface area contributed by atoms with Crippen molar-refractivity contribution in [3.8, 4) is 0 Å². The highest BCUT2D eigenvalue weighted by molar-refractivity contribution is 7.81. The van der Waals surface area contributed by atoms with Gasteiger partial charge in [-0.15, -0.1) is 0 Å². The summed E-state index contributed by atoms with van der Waals surface area (Å²) in [5.74, 6) is 1.56. The van der Waals surface area contributed by atoms with Crippen LogP contribution >= 0.6 is 25.3 Å². The lowest BCUT2D eigenvalue weighted by molar-refractivity contribution is 0.454. The molecule has 0 aliphatic heterocycles. The highest BCUT2D eigenvalue weighted by Crippen LogP contribution is 2.19. The summed E-state index contributed by atoms with van der Waals surface area (Å²) in [6.07, 6.45) is 3.71. The summed E-state index contributed by atoms with van der Waals surface area (Å²) in [4.78, 5) is 0. The third-order valence-corrected chi connectivity index (χ3v) is 3.87. The monoisotopic (exact) mass is 282 g/mol. The van der Waals surface area contributed by atoms with Crippen LogP contribution in [0.25, 0.3) is 0 Å². The van der Waals surface area contributed by atoms with Gasteiger partial charge >= 0.3 is 0 Å². The second-order valence-electron chi connectivity index (χ2n) is 4.82. The summed E-state index contributed by atoms with van der Waals surface area (Å²) < 4.78 is 0. The van der Waals surface area contributed by atoms with Crippen molar-refractivity contribution >= 4 is 25.3 Å². The van der Waals surface area contributed by atoms with Gasteiger partial charge in [-0.2, -0.15) is 25.3 Å². The lowest BCUT2D eigenvalue weighted by Gasteiger charge is -2.17. The van der Waals surface area contributed by atoms with Crippen LogP contribution in [0, 0.1) is 11.8 Å². The summed E-state index contributed by atoms with van der Waals surface area (Å²) in [5, 5.41) is 1.17. The van der Waals surface area contributed by atoms with E-state index in [1.807, 2.05) is 0 Å². The third kappa shape index (κ3) is 22.4. The maximum absolute atomic E-state index is 4.52. The fourth-order valence-electron chi connectivity index (χ4n) is 0.851. The molecule has 0 nitrogen and oxygen atoms in total. The van der Waals surface area contributed by atoms with Crippen molar-refractivity contribution < 1.29 is 0 Å². The quantitative estimate of drug-likeness (QED) is 0.538. The number of rotatable bonds is 5. The van der Waals surface area contributed by atoms with Gasteiger partial charge in [-0.05, 0) is 29.9 Å². The van der Waals surface area contributed by atoms with E-state index in [9.17, 15) is 0 Å². The molecule has 0 aromatic heterocycles. The minimum absolute atomic E-state index is 0. The van der Waals surface area contributed by atoms with Crippen LogP contribution in [0.2, 0.25) is 0 Å². The van der Waals surface area contributed by atoms with E-state index >= 15 is 0 Å². The van der Waals surface area contributed by atoms with E-state index in [4.69, 9.17) is 0 Å². The predicted molar refractivity (Wildman–Crippen MR) is 93.9 cm³/mol. The molecule has 3 unspecified atom stereocenters. The second kappa shape index (κ2) is 16.7. The Morgan fingerprint density at radius 1 is 0.824 bits per heavy atom. The fourth-order valence-corrected chi connectivity index (χ4v) is 1.21. The zero-order valence-corrected chi connectivity index (χ0v) is 13.1. The summed E-state index contributed by atoms with van der Waals surface area (Å²) in [7, 11) is 0. The van der Waals surface area contributed by atoms with Gasteiger partial charge in [0.05, 0.1) is 0 Å². The Balaban J connectivity index is -0.000000105. The minimum atomic E-state index is 0. The topological polar surface area (TPSA) is 0 Å². The van der Waals surface area contributed by atoms with Gasteiger partial charge in [0.2, 0.25) is 0 Å². The molecule has 0 spiro atoms. The molecule has 0 rings (SSSR count). The molecule has 0 aromatic rings. The average Bonchev–Trinajstić information content (AvgIpc) is 2.18. The Morgan fingerprint density at radius 3 is 1.35 bits per heavy atom. The van der Waals surface area contributed by atoms with Crippen LogP contribution in [0.3, 0.4) is 0 Å². The zero-order valence-electron chi connectivity index (χ0n) is 11.3. The first-order valence-corrected chi connectivity index (χ1v) is 7.24. The smallest absolute Gasteiger partial charge is 0.00423 e. The van der Waals surface area contributed by atoms with Gasteiger partial charge in [0.15, 0.2) is 0 Å². The van der Waals surface area contributed by atoms with Crippen molar-refractivity contribution in [3.63, 3.8) is 0 Å². The molecule has 3 atom stereocenters. The van der Waals surface area contributed by atoms with E-state index in [1.54, 1.807) is 0 Å². The molecule has 17 heavy (non-hydrogen) atoms. The van der Waals surface area contributed by atoms with Crippen LogP contribution < -0.4 is 0 Å². The molecule has 0 aliphatic carbocycles. The SMILES string of the molecule is C.C.CCC(C)CC(S)C(C)C.CCC(C)S. The third-order valence-electron chi connectivity index (χ3n) is 2.70. The second-order valence-corrected chi connectivity index (χ2v) is 6.36. The van der Waals surface area contributed by atoms with Gasteiger partial charge in [0.1, 0.15) is 0 Å². The standard InChI is InChI=1S/C9H20S.C4H10S.2CH4/c1-5-8(4)6-9(10)7(2)3;1-3-4(2)5;;/h7-10H,5-6H2,1-4H3;4-5H,3H2,1-2H3;2*1H4. The molecule has 0 bridgehead atoms. The Labute approximate surface area is 123 Å². The van der Waals surface area contributed by atoms with Gasteiger partial charge in [0, 0.05) is 5.25 Å².